The Bertz CT molecular complexity index is 1170. The maximum absolute atomic E-state index is 10.1. The van der Waals surface area contributed by atoms with Crippen molar-refractivity contribution in [2.75, 3.05) is 9.80 Å². The normalized spacial score (nSPS) is 20.6. The first-order valence-electron chi connectivity index (χ1n) is 12.2. The van der Waals surface area contributed by atoms with Crippen LogP contribution in [0.25, 0.3) is 0 Å². The van der Waals surface area contributed by atoms with Gasteiger partial charge in [0, 0.05) is 11.4 Å². The zero-order valence-electron chi connectivity index (χ0n) is 21.7. The van der Waals surface area contributed by atoms with E-state index in [0.717, 1.165) is 11.4 Å². The second kappa shape index (κ2) is 6.89. The second-order valence-corrected chi connectivity index (χ2v) is 11.8. The molecular formula is C31H35N3. The lowest BCUT2D eigenvalue weighted by Gasteiger charge is -2.46. The molecule has 0 atom stereocenters. The number of nitriles is 1. The molecule has 3 aromatic carbocycles. The van der Waals surface area contributed by atoms with Gasteiger partial charge in [0.25, 0.3) is 0 Å². The molecule has 2 aliphatic heterocycles. The highest BCUT2D eigenvalue weighted by molar-refractivity contribution is 5.72. The molecule has 0 unspecified atom stereocenters. The Labute approximate surface area is 204 Å². The minimum atomic E-state index is -0.204. The molecule has 3 nitrogen and oxygen atoms in total. The van der Waals surface area contributed by atoms with Gasteiger partial charge in [0.2, 0.25) is 0 Å². The van der Waals surface area contributed by atoms with Crippen LogP contribution >= 0.6 is 0 Å². The minimum Gasteiger partial charge on any atom is -0.353 e. The third-order valence-electron chi connectivity index (χ3n) is 8.27. The quantitative estimate of drug-likeness (QED) is 0.405. The van der Waals surface area contributed by atoms with Gasteiger partial charge in [-0.2, -0.15) is 5.26 Å². The van der Waals surface area contributed by atoms with Crippen molar-refractivity contribution in [3.63, 3.8) is 0 Å². The van der Waals surface area contributed by atoms with E-state index in [1.165, 1.54) is 22.3 Å². The first-order chi connectivity index (χ1) is 15.8. The predicted octanol–water partition coefficient (Wildman–Crippen LogP) is 7.54. The molecule has 2 aliphatic rings. The van der Waals surface area contributed by atoms with Crippen LogP contribution in [-0.4, -0.2) is 0 Å². The van der Waals surface area contributed by atoms with Crippen molar-refractivity contribution in [1.82, 2.24) is 0 Å². The monoisotopic (exact) mass is 449 g/mol. The maximum Gasteiger partial charge on any atom is 0.0993 e. The van der Waals surface area contributed by atoms with E-state index < -0.39 is 0 Å². The average molecular weight is 450 g/mol. The van der Waals surface area contributed by atoms with E-state index in [4.69, 9.17) is 0 Å². The highest BCUT2D eigenvalue weighted by atomic mass is 15.3. The molecule has 0 saturated heterocycles. The van der Waals surface area contributed by atoms with E-state index in [0.29, 0.717) is 5.56 Å². The highest BCUT2D eigenvalue weighted by Crippen LogP contribution is 2.55. The predicted molar refractivity (Wildman–Crippen MR) is 141 cm³/mol. The van der Waals surface area contributed by atoms with E-state index >= 15 is 0 Å². The Balaban J connectivity index is 1.72. The lowest BCUT2D eigenvalue weighted by molar-refractivity contribution is 0.398. The second-order valence-electron chi connectivity index (χ2n) is 11.8. The molecule has 3 aromatic rings. The standard InChI is InChI=1S/C31H35N3/c1-28(2)24-13-9-10-14-25(24)29(3,4)33(28)22-17-21(20-32)18-23(19-22)34-30(5,6)26-15-11-12-16-27(26)31(34,7)8/h9-19H,1-8H3. The number of fused-ring (bicyclic) bond motifs is 2. The van der Waals surface area contributed by atoms with Crippen LogP contribution in [0.4, 0.5) is 11.4 Å². The smallest absolute Gasteiger partial charge is 0.0993 e. The van der Waals surface area contributed by atoms with Crippen LogP contribution in [0.1, 0.15) is 83.2 Å². The summed E-state index contributed by atoms with van der Waals surface area (Å²) in [4.78, 5) is 5.00. The fourth-order valence-corrected chi connectivity index (χ4v) is 7.19. The minimum absolute atomic E-state index is 0.204. The average Bonchev–Trinajstić information content (AvgIpc) is 3.05. The van der Waals surface area contributed by atoms with E-state index in [1.807, 2.05) is 0 Å². The van der Waals surface area contributed by atoms with Gasteiger partial charge in [-0.25, -0.2) is 0 Å². The molecule has 0 saturated carbocycles. The molecule has 0 fully saturated rings. The van der Waals surface area contributed by atoms with Gasteiger partial charge in [-0.1, -0.05) is 48.5 Å². The summed E-state index contributed by atoms with van der Waals surface area (Å²) in [6.07, 6.45) is 0. The van der Waals surface area contributed by atoms with Crippen LogP contribution in [-0.2, 0) is 22.2 Å². The summed E-state index contributed by atoms with van der Waals surface area (Å²) in [5, 5.41) is 10.1. The number of hydrogen-bond acceptors (Lipinski definition) is 3. The fraction of sp³-hybridized carbons (Fsp3) is 0.387. The summed E-state index contributed by atoms with van der Waals surface area (Å²) in [7, 11) is 0. The van der Waals surface area contributed by atoms with Crippen molar-refractivity contribution in [3.8, 4) is 6.07 Å². The van der Waals surface area contributed by atoms with Gasteiger partial charge in [-0.3, -0.25) is 0 Å². The first-order valence-corrected chi connectivity index (χ1v) is 12.2. The molecule has 2 heterocycles. The SMILES string of the molecule is CC1(C)c2ccccc2C(C)(C)N1c1cc(C#N)cc(N2C(C)(C)c3ccccc3C2(C)C)c1. The van der Waals surface area contributed by atoms with Crippen LogP contribution in [0.5, 0.6) is 0 Å². The van der Waals surface area contributed by atoms with Crippen LogP contribution in [0.15, 0.2) is 66.7 Å². The van der Waals surface area contributed by atoms with Crippen LogP contribution in [0, 0.1) is 11.3 Å². The molecule has 0 bridgehead atoms. The molecule has 3 heteroatoms. The summed E-state index contributed by atoms with van der Waals surface area (Å²) in [6, 6.07) is 26.4. The van der Waals surface area contributed by atoms with Crippen molar-refractivity contribution in [1.29, 1.82) is 5.26 Å². The lowest BCUT2D eigenvalue weighted by Crippen LogP contribution is -2.47. The van der Waals surface area contributed by atoms with Crippen molar-refractivity contribution in [3.05, 3.63) is 94.5 Å². The number of benzene rings is 3. The summed E-state index contributed by atoms with van der Waals surface area (Å²) in [5.41, 5.74) is 7.43. The van der Waals surface area contributed by atoms with Crippen LogP contribution in [0.3, 0.4) is 0 Å². The summed E-state index contributed by atoms with van der Waals surface area (Å²) in [5.74, 6) is 0. The Morgan fingerprint density at radius 2 is 0.824 bits per heavy atom. The van der Waals surface area contributed by atoms with Crippen molar-refractivity contribution in [2.24, 2.45) is 0 Å². The Morgan fingerprint density at radius 1 is 0.529 bits per heavy atom. The third kappa shape index (κ3) is 2.81. The van der Waals surface area contributed by atoms with Crippen molar-refractivity contribution >= 4 is 11.4 Å². The topological polar surface area (TPSA) is 30.3 Å². The summed E-state index contributed by atoms with van der Waals surface area (Å²) in [6.45, 7) is 18.3. The molecule has 0 spiro atoms. The molecule has 174 valence electrons. The van der Waals surface area contributed by atoms with E-state index in [2.05, 4.69) is 138 Å². The van der Waals surface area contributed by atoms with Crippen LogP contribution in [0.2, 0.25) is 0 Å². The molecule has 0 aliphatic carbocycles. The van der Waals surface area contributed by atoms with Gasteiger partial charge in [0.05, 0.1) is 33.8 Å². The highest BCUT2D eigenvalue weighted by Gasteiger charge is 2.51. The van der Waals surface area contributed by atoms with E-state index in [1.54, 1.807) is 0 Å². The van der Waals surface area contributed by atoms with E-state index in [-0.39, 0.29) is 22.2 Å². The van der Waals surface area contributed by atoms with Gasteiger partial charge < -0.3 is 9.80 Å². The molecular weight excluding hydrogens is 414 g/mol. The van der Waals surface area contributed by atoms with Gasteiger partial charge in [0.15, 0.2) is 0 Å². The maximum atomic E-state index is 10.1. The lowest BCUT2D eigenvalue weighted by atomic mass is 9.91. The molecule has 34 heavy (non-hydrogen) atoms. The van der Waals surface area contributed by atoms with Crippen molar-refractivity contribution in [2.45, 2.75) is 77.5 Å². The Morgan fingerprint density at radius 3 is 1.09 bits per heavy atom. The number of hydrogen-bond donors (Lipinski definition) is 0. The summed E-state index contributed by atoms with van der Waals surface area (Å²) >= 11 is 0. The zero-order chi connectivity index (χ0) is 24.7. The number of anilines is 2. The molecule has 0 N–H and O–H groups in total. The summed E-state index contributed by atoms with van der Waals surface area (Å²) < 4.78 is 0. The van der Waals surface area contributed by atoms with Gasteiger partial charge in [0.1, 0.15) is 0 Å². The van der Waals surface area contributed by atoms with Crippen molar-refractivity contribution < 1.29 is 0 Å². The van der Waals surface area contributed by atoms with Gasteiger partial charge in [-0.05, 0) is 95.8 Å². The molecule has 0 amide bonds. The van der Waals surface area contributed by atoms with Crippen LogP contribution < -0.4 is 9.80 Å². The first kappa shape index (κ1) is 22.5. The fourth-order valence-electron chi connectivity index (χ4n) is 7.19. The molecule has 5 rings (SSSR count). The molecule has 0 radical (unpaired) electrons. The third-order valence-corrected chi connectivity index (χ3v) is 8.27. The molecule has 0 aromatic heterocycles. The Hall–Kier alpha value is -3.25. The van der Waals surface area contributed by atoms with Gasteiger partial charge >= 0.3 is 0 Å². The van der Waals surface area contributed by atoms with E-state index in [9.17, 15) is 5.26 Å². The number of rotatable bonds is 2. The Kier molecular flexibility index (Phi) is 4.57. The zero-order valence-corrected chi connectivity index (χ0v) is 21.7. The van der Waals surface area contributed by atoms with Gasteiger partial charge in [-0.15, -0.1) is 0 Å². The number of nitrogens with zero attached hydrogens (tertiary/aromatic N) is 3. The largest absolute Gasteiger partial charge is 0.353 e.